The lowest BCUT2D eigenvalue weighted by Crippen LogP contribution is -2.44. The molecule has 6 nitrogen and oxygen atoms in total. The Kier molecular flexibility index (Phi) is 6.79. The maximum Gasteiger partial charge on any atom is 0.240 e. The standard InChI is InChI=1S/C16H26N2O4S2/c1-23(19,20)18(15-9-5-2-3-6-10-15)14-13-17-24(21,22)16-11-7-4-8-12-16/h4,7-8,11-12,15,17H,2-3,5-6,9-10,13-14H2,1H3. The minimum absolute atomic E-state index is 0.0243. The minimum atomic E-state index is -3.61. The van der Waals surface area contributed by atoms with E-state index in [1.807, 2.05) is 0 Å². The fourth-order valence-corrected chi connectivity index (χ4v) is 5.36. The quantitative estimate of drug-likeness (QED) is 0.740. The summed E-state index contributed by atoms with van der Waals surface area (Å²) in [5.41, 5.74) is 0. The van der Waals surface area contributed by atoms with Crippen LogP contribution < -0.4 is 4.72 Å². The normalized spacial score (nSPS) is 17.8. The third-order valence-electron chi connectivity index (χ3n) is 4.34. The van der Waals surface area contributed by atoms with Gasteiger partial charge in [-0.1, -0.05) is 43.9 Å². The molecule has 24 heavy (non-hydrogen) atoms. The van der Waals surface area contributed by atoms with Crippen LogP contribution in [0, 0.1) is 0 Å². The highest BCUT2D eigenvalue weighted by molar-refractivity contribution is 7.89. The number of sulfonamides is 2. The smallest absolute Gasteiger partial charge is 0.212 e. The van der Waals surface area contributed by atoms with Gasteiger partial charge in [-0.15, -0.1) is 0 Å². The molecule has 8 heteroatoms. The molecule has 0 radical (unpaired) electrons. The fraction of sp³-hybridized carbons (Fsp3) is 0.625. The van der Waals surface area contributed by atoms with Gasteiger partial charge in [-0.05, 0) is 25.0 Å². The zero-order chi connectivity index (χ0) is 17.6. The molecule has 0 aliphatic heterocycles. The van der Waals surface area contributed by atoms with E-state index in [0.29, 0.717) is 0 Å². The monoisotopic (exact) mass is 374 g/mol. The van der Waals surface area contributed by atoms with Crippen molar-refractivity contribution in [2.45, 2.75) is 49.5 Å². The van der Waals surface area contributed by atoms with Crippen molar-refractivity contribution in [1.82, 2.24) is 9.03 Å². The van der Waals surface area contributed by atoms with Gasteiger partial charge in [-0.25, -0.2) is 21.6 Å². The van der Waals surface area contributed by atoms with E-state index >= 15 is 0 Å². The molecular weight excluding hydrogens is 348 g/mol. The summed E-state index contributed by atoms with van der Waals surface area (Å²) in [6.45, 7) is 0.233. The molecule has 0 saturated heterocycles. The Labute approximate surface area is 145 Å². The molecule has 2 rings (SSSR count). The van der Waals surface area contributed by atoms with Gasteiger partial charge in [0.05, 0.1) is 11.2 Å². The number of benzene rings is 1. The second kappa shape index (κ2) is 8.42. The molecule has 0 heterocycles. The maximum absolute atomic E-state index is 12.2. The first-order valence-corrected chi connectivity index (χ1v) is 11.7. The molecule has 1 aromatic carbocycles. The van der Waals surface area contributed by atoms with Gasteiger partial charge in [0.2, 0.25) is 20.0 Å². The van der Waals surface area contributed by atoms with Crippen LogP contribution in [0.15, 0.2) is 35.2 Å². The van der Waals surface area contributed by atoms with E-state index in [9.17, 15) is 16.8 Å². The van der Waals surface area contributed by atoms with Crippen molar-refractivity contribution in [1.29, 1.82) is 0 Å². The van der Waals surface area contributed by atoms with Crippen LogP contribution in [-0.2, 0) is 20.0 Å². The third kappa shape index (κ3) is 5.54. The average molecular weight is 375 g/mol. The van der Waals surface area contributed by atoms with E-state index in [1.165, 1.54) is 22.7 Å². The molecule has 1 aliphatic carbocycles. The van der Waals surface area contributed by atoms with Crippen LogP contribution in [0.5, 0.6) is 0 Å². The Morgan fingerprint density at radius 3 is 2.12 bits per heavy atom. The summed E-state index contributed by atoms with van der Waals surface area (Å²) in [6, 6.07) is 8.07. The average Bonchev–Trinajstić information content (AvgIpc) is 2.80. The molecule has 0 bridgehead atoms. The van der Waals surface area contributed by atoms with Crippen LogP contribution in [0.1, 0.15) is 38.5 Å². The molecule has 1 fully saturated rings. The lowest BCUT2D eigenvalue weighted by atomic mass is 10.1. The third-order valence-corrected chi connectivity index (χ3v) is 7.15. The van der Waals surface area contributed by atoms with Crippen molar-refractivity contribution < 1.29 is 16.8 Å². The van der Waals surface area contributed by atoms with Crippen molar-refractivity contribution in [3.05, 3.63) is 30.3 Å². The largest absolute Gasteiger partial charge is 0.240 e. The van der Waals surface area contributed by atoms with Crippen LogP contribution in [0.2, 0.25) is 0 Å². The predicted octanol–water partition coefficient (Wildman–Crippen LogP) is 1.95. The van der Waals surface area contributed by atoms with E-state index in [0.717, 1.165) is 38.5 Å². The summed E-state index contributed by atoms with van der Waals surface area (Å²) in [4.78, 5) is 0.186. The molecular formula is C16H26N2O4S2. The number of nitrogens with zero attached hydrogens (tertiary/aromatic N) is 1. The van der Waals surface area contributed by atoms with E-state index < -0.39 is 20.0 Å². The molecule has 1 aromatic rings. The first-order chi connectivity index (χ1) is 11.3. The molecule has 1 N–H and O–H groups in total. The summed E-state index contributed by atoms with van der Waals surface area (Å²) in [6.07, 6.45) is 7.20. The van der Waals surface area contributed by atoms with E-state index in [-0.39, 0.29) is 24.0 Å². The van der Waals surface area contributed by atoms with Crippen molar-refractivity contribution in [3.63, 3.8) is 0 Å². The molecule has 0 spiro atoms. The lowest BCUT2D eigenvalue weighted by Gasteiger charge is -2.29. The summed E-state index contributed by atoms with van der Waals surface area (Å²) in [7, 11) is -6.98. The highest BCUT2D eigenvalue weighted by Gasteiger charge is 2.27. The summed E-state index contributed by atoms with van der Waals surface area (Å²) < 4.78 is 52.6. The lowest BCUT2D eigenvalue weighted by molar-refractivity contribution is 0.297. The molecule has 0 aromatic heterocycles. The van der Waals surface area contributed by atoms with Crippen molar-refractivity contribution in [2.24, 2.45) is 0 Å². The van der Waals surface area contributed by atoms with Crippen LogP contribution in [0.25, 0.3) is 0 Å². The first-order valence-electron chi connectivity index (χ1n) is 8.32. The zero-order valence-electron chi connectivity index (χ0n) is 14.0. The van der Waals surface area contributed by atoms with Gasteiger partial charge in [0, 0.05) is 19.1 Å². The van der Waals surface area contributed by atoms with Crippen LogP contribution in [0.3, 0.4) is 0 Å². The van der Waals surface area contributed by atoms with Gasteiger partial charge in [0.25, 0.3) is 0 Å². The van der Waals surface area contributed by atoms with Gasteiger partial charge in [-0.2, -0.15) is 4.31 Å². The van der Waals surface area contributed by atoms with Gasteiger partial charge in [0.15, 0.2) is 0 Å². The van der Waals surface area contributed by atoms with Crippen LogP contribution >= 0.6 is 0 Å². The van der Waals surface area contributed by atoms with Crippen LogP contribution in [-0.4, -0.2) is 46.5 Å². The second-order valence-corrected chi connectivity index (χ2v) is 9.93. The van der Waals surface area contributed by atoms with Gasteiger partial charge >= 0.3 is 0 Å². The predicted molar refractivity (Wildman–Crippen MR) is 94.7 cm³/mol. The molecule has 136 valence electrons. The zero-order valence-corrected chi connectivity index (χ0v) is 15.7. The number of rotatable bonds is 7. The van der Waals surface area contributed by atoms with Crippen molar-refractivity contribution >= 4 is 20.0 Å². The maximum atomic E-state index is 12.2. The van der Waals surface area contributed by atoms with E-state index in [1.54, 1.807) is 18.2 Å². The van der Waals surface area contributed by atoms with Gasteiger partial charge in [0.1, 0.15) is 0 Å². The Bertz CT molecular complexity index is 710. The SMILES string of the molecule is CS(=O)(=O)N(CCNS(=O)(=O)c1ccccc1)C1CCCCCC1. The second-order valence-electron chi connectivity index (χ2n) is 6.23. The van der Waals surface area contributed by atoms with Gasteiger partial charge < -0.3 is 0 Å². The molecule has 1 saturated carbocycles. The van der Waals surface area contributed by atoms with Gasteiger partial charge in [-0.3, -0.25) is 0 Å². The highest BCUT2D eigenvalue weighted by atomic mass is 32.2. The number of hydrogen-bond acceptors (Lipinski definition) is 4. The van der Waals surface area contributed by atoms with Crippen molar-refractivity contribution in [2.75, 3.05) is 19.3 Å². The molecule has 0 unspecified atom stereocenters. The first kappa shape index (κ1) is 19.4. The molecule has 0 amide bonds. The summed E-state index contributed by atoms with van der Waals surface area (Å²) >= 11 is 0. The Morgan fingerprint density at radius 1 is 1.00 bits per heavy atom. The Morgan fingerprint density at radius 2 is 1.58 bits per heavy atom. The van der Waals surface area contributed by atoms with Crippen LogP contribution in [0.4, 0.5) is 0 Å². The summed E-state index contributed by atoms with van der Waals surface area (Å²) in [5.74, 6) is 0. The molecule has 1 aliphatic rings. The van der Waals surface area contributed by atoms with Crippen molar-refractivity contribution in [3.8, 4) is 0 Å². The number of nitrogens with one attached hydrogen (secondary N) is 1. The molecule has 0 atom stereocenters. The van der Waals surface area contributed by atoms with E-state index in [4.69, 9.17) is 0 Å². The highest BCUT2D eigenvalue weighted by Crippen LogP contribution is 2.23. The topological polar surface area (TPSA) is 83.6 Å². The Balaban J connectivity index is 2.01. The number of hydrogen-bond donors (Lipinski definition) is 1. The minimum Gasteiger partial charge on any atom is -0.212 e. The Hall–Kier alpha value is -0.960. The summed E-state index contributed by atoms with van der Waals surface area (Å²) in [5, 5.41) is 0. The fourth-order valence-electron chi connectivity index (χ4n) is 3.14. The van der Waals surface area contributed by atoms with E-state index in [2.05, 4.69) is 4.72 Å².